The Bertz CT molecular complexity index is 1310. The van der Waals surface area contributed by atoms with Gasteiger partial charge in [0.2, 0.25) is 5.91 Å². The second-order valence-corrected chi connectivity index (χ2v) is 17.0. The van der Waals surface area contributed by atoms with Crippen LogP contribution in [0.5, 0.6) is 0 Å². The highest BCUT2D eigenvalue weighted by Gasteiger charge is 2.28. The van der Waals surface area contributed by atoms with E-state index in [0.717, 1.165) is 96.3 Å². The first-order valence-electron chi connectivity index (χ1n) is 23.5. The van der Waals surface area contributed by atoms with Crippen LogP contribution in [0, 0.1) is 0 Å². The average molecular weight is 878 g/mol. The number of carboxylic acids is 1. The van der Waals surface area contributed by atoms with Gasteiger partial charge in [-0.15, -0.1) is 0 Å². The van der Waals surface area contributed by atoms with Crippen LogP contribution >= 0.6 is 7.82 Å². The minimum Gasteiger partial charge on any atom is -0.480 e. The lowest BCUT2D eigenvalue weighted by Gasteiger charge is -2.18. The van der Waals surface area contributed by atoms with E-state index in [0.29, 0.717) is 12.8 Å². The number of aliphatic hydroxyl groups is 1. The number of allylic oxidation sites excluding steroid dienone is 12. The summed E-state index contributed by atoms with van der Waals surface area (Å²) >= 11 is 0. The van der Waals surface area contributed by atoms with E-state index < -0.39 is 57.6 Å². The molecule has 0 aliphatic heterocycles. The summed E-state index contributed by atoms with van der Waals surface area (Å²) in [5.74, 6) is -2.42. The van der Waals surface area contributed by atoms with Crippen LogP contribution < -0.4 is 5.32 Å². The predicted octanol–water partition coefficient (Wildman–Crippen LogP) is 12.5. The summed E-state index contributed by atoms with van der Waals surface area (Å²) in [7, 11) is -4.77. The Labute approximate surface area is 369 Å². The minimum absolute atomic E-state index is 0.120. The number of rotatable bonds is 43. The lowest BCUT2D eigenvalue weighted by Crippen LogP contribution is -2.43. The zero-order valence-corrected chi connectivity index (χ0v) is 38.8. The maximum atomic E-state index is 12.3. The molecule has 0 rings (SSSR count). The van der Waals surface area contributed by atoms with Gasteiger partial charge in [0.1, 0.15) is 12.7 Å². The van der Waals surface area contributed by atoms with Crippen molar-refractivity contribution in [2.75, 3.05) is 19.8 Å². The number of nitrogens with one attached hydrogen (secondary N) is 1. The third-order valence-electron chi connectivity index (χ3n) is 9.72. The second-order valence-electron chi connectivity index (χ2n) is 15.6. The van der Waals surface area contributed by atoms with E-state index in [-0.39, 0.29) is 12.8 Å². The average Bonchev–Trinajstić information content (AvgIpc) is 3.24. The number of phosphoric acid groups is 1. The van der Waals surface area contributed by atoms with E-state index in [1.807, 2.05) is 0 Å². The number of aliphatic hydroxyl groups excluding tert-OH is 1. The van der Waals surface area contributed by atoms with Crippen LogP contribution in [0.25, 0.3) is 0 Å². The van der Waals surface area contributed by atoms with Crippen molar-refractivity contribution in [3.05, 3.63) is 72.9 Å². The summed E-state index contributed by atoms with van der Waals surface area (Å²) in [5, 5.41) is 21.9. The molecule has 0 heterocycles. The number of carboxylic acid groups (broad SMARTS) is 1. The fraction of sp³-hybridized carbons (Fsp3) is 0.694. The highest BCUT2D eigenvalue weighted by molar-refractivity contribution is 7.47. The molecule has 0 aromatic rings. The minimum atomic E-state index is -4.77. The van der Waals surface area contributed by atoms with Crippen LogP contribution in [-0.2, 0) is 32.7 Å². The van der Waals surface area contributed by atoms with E-state index in [4.69, 9.17) is 13.8 Å². The van der Waals surface area contributed by atoms with Gasteiger partial charge in [-0.2, -0.15) is 0 Å². The Morgan fingerprint density at radius 3 is 1.38 bits per heavy atom. The molecule has 3 atom stereocenters. The molecule has 0 spiro atoms. The number of carbonyl (C=O) groups excluding carboxylic acids is 2. The Morgan fingerprint density at radius 1 is 0.525 bits per heavy atom. The van der Waals surface area contributed by atoms with Crippen molar-refractivity contribution in [3.63, 3.8) is 0 Å². The van der Waals surface area contributed by atoms with Crippen LogP contribution in [0.3, 0.4) is 0 Å². The lowest BCUT2D eigenvalue weighted by atomic mass is 10.1. The molecule has 350 valence electrons. The van der Waals surface area contributed by atoms with E-state index in [9.17, 15) is 34.1 Å². The molecule has 4 N–H and O–H groups in total. The summed E-state index contributed by atoms with van der Waals surface area (Å²) < 4.78 is 26.9. The molecule has 12 heteroatoms. The molecule has 0 aromatic carbocycles. The second kappa shape index (κ2) is 43.6. The Balaban J connectivity index is 3.95. The zero-order valence-electron chi connectivity index (χ0n) is 37.9. The molecule has 0 aliphatic carbocycles. The van der Waals surface area contributed by atoms with Gasteiger partial charge in [-0.3, -0.25) is 18.6 Å². The first-order valence-corrected chi connectivity index (χ1v) is 25.0. The molecule has 1 amide bonds. The maximum absolute atomic E-state index is 12.3. The Morgan fingerprint density at radius 2 is 0.902 bits per heavy atom. The molecule has 0 bridgehead atoms. The summed E-state index contributed by atoms with van der Waals surface area (Å²) in [4.78, 5) is 46.0. The van der Waals surface area contributed by atoms with Crippen molar-refractivity contribution < 1.29 is 47.8 Å². The first kappa shape index (κ1) is 57.9. The third-order valence-corrected chi connectivity index (χ3v) is 10.7. The molecule has 3 unspecified atom stereocenters. The van der Waals surface area contributed by atoms with E-state index in [2.05, 4.69) is 92.1 Å². The van der Waals surface area contributed by atoms with Gasteiger partial charge in [0.25, 0.3) is 0 Å². The zero-order chi connectivity index (χ0) is 44.9. The van der Waals surface area contributed by atoms with Crippen LogP contribution in [0.15, 0.2) is 72.9 Å². The van der Waals surface area contributed by atoms with E-state index >= 15 is 0 Å². The monoisotopic (exact) mass is 878 g/mol. The summed E-state index contributed by atoms with van der Waals surface area (Å²) in [6.07, 6.45) is 52.0. The number of hydrogen-bond donors (Lipinski definition) is 4. The van der Waals surface area contributed by atoms with Gasteiger partial charge in [0.05, 0.1) is 13.2 Å². The van der Waals surface area contributed by atoms with Gasteiger partial charge < -0.3 is 25.2 Å². The largest absolute Gasteiger partial charge is 0.480 e. The number of aliphatic carboxylic acids is 1. The van der Waals surface area contributed by atoms with Gasteiger partial charge in [-0.1, -0.05) is 157 Å². The van der Waals surface area contributed by atoms with Gasteiger partial charge in [-0.05, 0) is 89.9 Å². The molecule has 11 nitrogen and oxygen atoms in total. The Kier molecular flexibility index (Phi) is 41.4. The molecule has 0 saturated carbocycles. The molecule has 61 heavy (non-hydrogen) atoms. The Hall–Kier alpha value is -3.08. The summed E-state index contributed by atoms with van der Waals surface area (Å²) in [6, 6.07) is -1.56. The number of unbranched alkanes of at least 4 members (excludes halogenated alkanes) is 17. The maximum Gasteiger partial charge on any atom is 0.472 e. The molecular formula is C49H84NO10P. The third kappa shape index (κ3) is 43.4. The molecule has 0 fully saturated rings. The summed E-state index contributed by atoms with van der Waals surface area (Å²) in [5.41, 5.74) is 0. The van der Waals surface area contributed by atoms with Crippen molar-refractivity contribution in [3.8, 4) is 0 Å². The molecule has 0 aromatic heterocycles. The van der Waals surface area contributed by atoms with Crippen molar-refractivity contribution in [1.82, 2.24) is 5.32 Å². The standard InChI is InChI=1S/C49H84NO10P/c1-3-5-7-9-11-13-15-17-19-21-22-23-24-25-26-28-30-32-34-36-38-40-47(52)50-46(49(54)55)44-60-61(56,57)59-43-45(51)42-58-48(53)41-39-37-35-33-31-29-27-20-18-16-14-12-10-8-6-4-2/h11,13-14,16-17,19-20,22-23,25-27,45-46,51H,3-10,12,15,18,21,24,28-44H2,1-2H3,(H,50,52)(H,54,55)(H,56,57)/b13-11-,16-14-,19-17-,23-22-,26-25-,27-20-. The first-order chi connectivity index (χ1) is 29.6. The molecule has 0 radical (unpaired) electrons. The number of esters is 1. The van der Waals surface area contributed by atoms with Crippen LogP contribution in [-0.4, -0.2) is 64.9 Å². The van der Waals surface area contributed by atoms with Crippen LogP contribution in [0.2, 0.25) is 0 Å². The number of amides is 1. The van der Waals surface area contributed by atoms with Gasteiger partial charge >= 0.3 is 19.8 Å². The quantitative estimate of drug-likeness (QED) is 0.0200. The van der Waals surface area contributed by atoms with Crippen LogP contribution in [0.1, 0.15) is 187 Å². The van der Waals surface area contributed by atoms with Gasteiger partial charge in [-0.25, -0.2) is 9.36 Å². The number of phosphoric ester groups is 1. The fourth-order valence-electron chi connectivity index (χ4n) is 6.03. The van der Waals surface area contributed by atoms with Crippen molar-refractivity contribution in [1.29, 1.82) is 0 Å². The molecular weight excluding hydrogens is 794 g/mol. The lowest BCUT2D eigenvalue weighted by molar-refractivity contribution is -0.147. The summed E-state index contributed by atoms with van der Waals surface area (Å²) in [6.45, 7) is 2.52. The normalized spacial score (nSPS) is 14.3. The number of carbonyl (C=O) groups is 3. The van der Waals surface area contributed by atoms with Gasteiger partial charge in [0.15, 0.2) is 6.04 Å². The predicted molar refractivity (Wildman–Crippen MR) is 249 cm³/mol. The highest BCUT2D eigenvalue weighted by Crippen LogP contribution is 2.43. The topological polar surface area (TPSA) is 169 Å². The highest BCUT2D eigenvalue weighted by atomic mass is 31.2. The number of ether oxygens (including phenoxy) is 1. The smallest absolute Gasteiger partial charge is 0.472 e. The van der Waals surface area contributed by atoms with Crippen LogP contribution in [0.4, 0.5) is 0 Å². The van der Waals surface area contributed by atoms with Crippen molar-refractivity contribution in [2.45, 2.75) is 199 Å². The van der Waals surface area contributed by atoms with E-state index in [1.165, 1.54) is 51.4 Å². The fourth-order valence-corrected chi connectivity index (χ4v) is 6.81. The van der Waals surface area contributed by atoms with Crippen molar-refractivity contribution >= 4 is 25.7 Å². The molecule has 0 aliphatic rings. The molecule has 0 saturated heterocycles. The number of hydrogen-bond acceptors (Lipinski definition) is 8. The van der Waals surface area contributed by atoms with Gasteiger partial charge in [0, 0.05) is 12.8 Å². The van der Waals surface area contributed by atoms with Crippen molar-refractivity contribution in [2.24, 2.45) is 0 Å². The van der Waals surface area contributed by atoms with E-state index in [1.54, 1.807) is 0 Å². The SMILES string of the molecule is CCCCC/C=C\C/C=C\C/C=C\C/C=C\CCCCCCCC(=O)NC(COP(=O)(O)OCC(O)COC(=O)CCCCCCC/C=C\C/C=C\CCCCCC)C(=O)O.